The second-order valence-electron chi connectivity index (χ2n) is 12.6. The van der Waals surface area contributed by atoms with Crippen LogP contribution in [0.1, 0.15) is 82.1 Å². The zero-order valence-corrected chi connectivity index (χ0v) is 27.0. The van der Waals surface area contributed by atoms with Crippen molar-refractivity contribution in [1.29, 1.82) is 0 Å². The molecule has 7 rings (SSSR count). The SMILES string of the molecule is CN1CCC[C@@H]1c1cc2cnc(NC(=O)c3ccc(OCCCC#Cc4cccc5c4CN(C4CCC(=O)NC4=O)C5=O)cc3F)cc2[nH]1. The lowest BCUT2D eigenvalue weighted by molar-refractivity contribution is -0.136. The van der Waals surface area contributed by atoms with Gasteiger partial charge in [-0.2, -0.15) is 0 Å². The lowest BCUT2D eigenvalue weighted by Gasteiger charge is -2.29. The number of amides is 4. The molecule has 11 nitrogen and oxygen atoms in total. The Hall–Kier alpha value is -5.54. The summed E-state index contributed by atoms with van der Waals surface area (Å²) < 4.78 is 20.7. The number of halogens is 1. The van der Waals surface area contributed by atoms with Crippen LogP contribution in [-0.2, 0) is 16.1 Å². The van der Waals surface area contributed by atoms with E-state index in [4.69, 9.17) is 4.74 Å². The number of carbonyl (C=O) groups excluding carboxylic acids is 4. The fourth-order valence-electron chi connectivity index (χ4n) is 6.76. The molecule has 2 fully saturated rings. The Bertz CT molecular complexity index is 2050. The minimum Gasteiger partial charge on any atom is -0.493 e. The van der Waals surface area contributed by atoms with E-state index in [1.807, 2.05) is 6.07 Å². The smallest absolute Gasteiger partial charge is 0.259 e. The van der Waals surface area contributed by atoms with Gasteiger partial charge in [0.05, 0.1) is 17.7 Å². The van der Waals surface area contributed by atoms with E-state index < -0.39 is 23.7 Å². The molecule has 1 unspecified atom stereocenters. The number of carbonyl (C=O) groups is 4. The van der Waals surface area contributed by atoms with E-state index in [2.05, 4.69) is 50.5 Å². The molecule has 2 saturated heterocycles. The minimum absolute atomic E-state index is 0.120. The van der Waals surface area contributed by atoms with Crippen LogP contribution in [0.2, 0.25) is 0 Å². The normalized spacial score (nSPS) is 19.1. The number of aromatic amines is 1. The standard InChI is InChI=1S/C37H35FN6O5/c1-43-15-6-10-31(43)30-17-23-20-39-33(19-29(23)40-30)41-35(46)26-12-11-24(18-28(26)38)49-16-4-2-3-7-22-8-5-9-25-27(22)21-44(37(25)48)32-13-14-34(45)42-36(32)47/h5,8-9,11-12,17-20,31-32,40H,2,4,6,10,13-16,21H2,1H3,(H,39,41,46)(H,42,45,47)/t31-,32?/m1/s1. The molecule has 0 bridgehead atoms. The highest BCUT2D eigenvalue weighted by Crippen LogP contribution is 2.32. The number of pyridine rings is 1. The van der Waals surface area contributed by atoms with Crippen LogP contribution in [0, 0.1) is 17.7 Å². The highest BCUT2D eigenvalue weighted by molar-refractivity contribution is 6.06. The van der Waals surface area contributed by atoms with Crippen molar-refractivity contribution in [2.24, 2.45) is 0 Å². The molecule has 2 atom stereocenters. The average Bonchev–Trinajstić information content (AvgIpc) is 3.79. The fraction of sp³-hybridized carbons (Fsp3) is 0.324. The summed E-state index contributed by atoms with van der Waals surface area (Å²) in [7, 11) is 2.11. The molecule has 12 heteroatoms. The molecule has 49 heavy (non-hydrogen) atoms. The quantitative estimate of drug-likeness (QED) is 0.142. The maximum Gasteiger partial charge on any atom is 0.259 e. The van der Waals surface area contributed by atoms with Gasteiger partial charge in [0.1, 0.15) is 23.4 Å². The summed E-state index contributed by atoms with van der Waals surface area (Å²) in [6, 6.07) is 12.9. The molecule has 4 amide bonds. The molecule has 0 radical (unpaired) electrons. The first kappa shape index (κ1) is 32.0. The van der Waals surface area contributed by atoms with Gasteiger partial charge in [0.25, 0.3) is 11.8 Å². The van der Waals surface area contributed by atoms with E-state index in [0.717, 1.165) is 41.5 Å². The summed E-state index contributed by atoms with van der Waals surface area (Å²) >= 11 is 0. The molecule has 2 aromatic carbocycles. The molecular formula is C37H35FN6O5. The number of piperidine rings is 1. The van der Waals surface area contributed by atoms with E-state index in [1.165, 1.54) is 17.0 Å². The van der Waals surface area contributed by atoms with E-state index in [1.54, 1.807) is 30.5 Å². The van der Waals surface area contributed by atoms with Gasteiger partial charge in [-0.15, -0.1) is 0 Å². The minimum atomic E-state index is -0.707. The number of anilines is 1. The lowest BCUT2D eigenvalue weighted by atomic mass is 10.0. The van der Waals surface area contributed by atoms with Crippen LogP contribution in [0.3, 0.4) is 0 Å². The van der Waals surface area contributed by atoms with Crippen molar-refractivity contribution < 1.29 is 28.3 Å². The first-order valence-corrected chi connectivity index (χ1v) is 16.4. The maximum absolute atomic E-state index is 14.9. The summed E-state index contributed by atoms with van der Waals surface area (Å²) in [4.78, 5) is 61.4. The number of unbranched alkanes of at least 4 members (excludes halogenated alkanes) is 1. The zero-order chi connectivity index (χ0) is 34.1. The van der Waals surface area contributed by atoms with Crippen molar-refractivity contribution >= 4 is 40.3 Å². The predicted octanol–water partition coefficient (Wildman–Crippen LogP) is 4.69. The Morgan fingerprint density at radius 2 is 2.00 bits per heavy atom. The first-order chi connectivity index (χ1) is 23.7. The average molecular weight is 663 g/mol. The molecule has 250 valence electrons. The van der Waals surface area contributed by atoms with Crippen LogP contribution >= 0.6 is 0 Å². The second-order valence-corrected chi connectivity index (χ2v) is 12.6. The number of H-pyrrole nitrogens is 1. The van der Waals surface area contributed by atoms with Gasteiger partial charge in [0.2, 0.25) is 11.8 Å². The zero-order valence-electron chi connectivity index (χ0n) is 27.0. The predicted molar refractivity (Wildman–Crippen MR) is 179 cm³/mol. The van der Waals surface area contributed by atoms with Gasteiger partial charge in [0.15, 0.2) is 0 Å². The fourth-order valence-corrected chi connectivity index (χ4v) is 6.76. The van der Waals surface area contributed by atoms with Gasteiger partial charge < -0.3 is 19.9 Å². The van der Waals surface area contributed by atoms with E-state index in [9.17, 15) is 23.6 Å². The molecular weight excluding hydrogens is 627 g/mol. The molecule has 2 aromatic heterocycles. The summed E-state index contributed by atoms with van der Waals surface area (Å²) in [6.45, 7) is 1.60. The molecule has 0 spiro atoms. The Labute approximate surface area is 282 Å². The van der Waals surface area contributed by atoms with Gasteiger partial charge in [0, 0.05) is 66.0 Å². The molecule has 5 heterocycles. The second kappa shape index (κ2) is 13.5. The topological polar surface area (TPSA) is 137 Å². The largest absolute Gasteiger partial charge is 0.493 e. The van der Waals surface area contributed by atoms with Crippen LogP contribution in [0.5, 0.6) is 5.75 Å². The molecule has 3 N–H and O–H groups in total. The number of fused-ring (bicyclic) bond motifs is 2. The number of aromatic nitrogens is 2. The number of imide groups is 1. The molecule has 0 saturated carbocycles. The number of likely N-dealkylation sites (tertiary alicyclic amines) is 1. The number of hydrogen-bond donors (Lipinski definition) is 3. The Morgan fingerprint density at radius 1 is 1.12 bits per heavy atom. The highest BCUT2D eigenvalue weighted by atomic mass is 19.1. The van der Waals surface area contributed by atoms with Crippen LogP contribution < -0.4 is 15.4 Å². The lowest BCUT2D eigenvalue weighted by Crippen LogP contribution is -2.52. The third kappa shape index (κ3) is 6.62. The van der Waals surface area contributed by atoms with E-state index >= 15 is 0 Å². The molecule has 4 aromatic rings. The Balaban J connectivity index is 0.907. The van der Waals surface area contributed by atoms with Crippen LogP contribution in [0.4, 0.5) is 10.2 Å². The van der Waals surface area contributed by atoms with Crippen LogP contribution in [-0.4, -0.2) is 69.6 Å². The number of hydrogen-bond acceptors (Lipinski definition) is 7. The van der Waals surface area contributed by atoms with Crippen molar-refractivity contribution in [3.63, 3.8) is 0 Å². The molecule has 0 aliphatic carbocycles. The third-order valence-corrected chi connectivity index (χ3v) is 9.35. The molecule has 3 aliphatic rings. The Morgan fingerprint density at radius 3 is 2.80 bits per heavy atom. The number of nitrogens with zero attached hydrogens (tertiary/aromatic N) is 3. The van der Waals surface area contributed by atoms with Crippen LogP contribution in [0.15, 0.2) is 54.7 Å². The first-order valence-electron chi connectivity index (χ1n) is 16.4. The van der Waals surface area contributed by atoms with Gasteiger partial charge in [-0.3, -0.25) is 29.4 Å². The number of ether oxygens (including phenoxy) is 1. The monoisotopic (exact) mass is 662 g/mol. The van der Waals surface area contributed by atoms with Crippen molar-refractivity contribution in [2.75, 3.05) is 25.5 Å². The molecule has 3 aliphatic heterocycles. The number of benzene rings is 2. The van der Waals surface area contributed by atoms with Crippen LogP contribution in [0.25, 0.3) is 10.9 Å². The third-order valence-electron chi connectivity index (χ3n) is 9.35. The number of rotatable bonds is 8. The van der Waals surface area contributed by atoms with Gasteiger partial charge in [-0.1, -0.05) is 17.9 Å². The van der Waals surface area contributed by atoms with E-state index in [0.29, 0.717) is 48.0 Å². The van der Waals surface area contributed by atoms with Gasteiger partial charge in [-0.05, 0) is 75.2 Å². The van der Waals surface area contributed by atoms with Crippen molar-refractivity contribution in [1.82, 2.24) is 25.1 Å². The van der Waals surface area contributed by atoms with E-state index in [-0.39, 0.29) is 37.0 Å². The summed E-state index contributed by atoms with van der Waals surface area (Å²) in [5.74, 6) is 4.52. The number of nitrogens with one attached hydrogen (secondary N) is 3. The summed E-state index contributed by atoms with van der Waals surface area (Å²) in [5.41, 5.74) is 3.84. The van der Waals surface area contributed by atoms with Crippen molar-refractivity contribution in [3.05, 3.63) is 88.5 Å². The Kier molecular flexibility index (Phi) is 8.84. The maximum atomic E-state index is 14.9. The highest BCUT2D eigenvalue weighted by Gasteiger charge is 2.39. The van der Waals surface area contributed by atoms with Gasteiger partial charge in [-0.25, -0.2) is 9.37 Å². The summed E-state index contributed by atoms with van der Waals surface area (Å²) in [6.07, 6.45) is 5.49. The summed E-state index contributed by atoms with van der Waals surface area (Å²) in [5, 5.41) is 5.95. The van der Waals surface area contributed by atoms with Gasteiger partial charge >= 0.3 is 0 Å². The van der Waals surface area contributed by atoms with Crippen molar-refractivity contribution in [2.45, 2.75) is 57.2 Å². The van der Waals surface area contributed by atoms with Crippen molar-refractivity contribution in [3.8, 4) is 17.6 Å².